The summed E-state index contributed by atoms with van der Waals surface area (Å²) >= 11 is 1.63. The zero-order chi connectivity index (χ0) is 18.4. The molecule has 0 aliphatic carbocycles. The van der Waals surface area contributed by atoms with Crippen molar-refractivity contribution in [3.05, 3.63) is 72.3 Å². The maximum absolute atomic E-state index is 12.1. The maximum atomic E-state index is 12.1. The first kappa shape index (κ1) is 18.0. The van der Waals surface area contributed by atoms with Crippen LogP contribution in [0.25, 0.3) is 10.8 Å². The molecule has 0 spiro atoms. The van der Waals surface area contributed by atoms with E-state index in [9.17, 15) is 9.59 Å². The van der Waals surface area contributed by atoms with Crippen molar-refractivity contribution in [3.63, 3.8) is 0 Å². The van der Waals surface area contributed by atoms with Crippen molar-refractivity contribution in [2.45, 2.75) is 11.3 Å². The van der Waals surface area contributed by atoms with E-state index < -0.39 is 5.97 Å². The first-order valence-electron chi connectivity index (χ1n) is 8.22. The van der Waals surface area contributed by atoms with E-state index in [1.807, 2.05) is 73.0 Å². The lowest BCUT2D eigenvalue weighted by Gasteiger charge is -2.08. The summed E-state index contributed by atoms with van der Waals surface area (Å²) in [7, 11) is 0. The van der Waals surface area contributed by atoms with E-state index in [4.69, 9.17) is 4.74 Å². The summed E-state index contributed by atoms with van der Waals surface area (Å²) in [5, 5.41) is 4.81. The van der Waals surface area contributed by atoms with Crippen LogP contribution in [-0.4, -0.2) is 24.7 Å². The van der Waals surface area contributed by atoms with Crippen molar-refractivity contribution in [2.75, 3.05) is 18.2 Å². The SMILES string of the molecule is CSc1ccc(NC(=O)COC(=O)Cc2cccc3ccccc23)cc1. The lowest BCUT2D eigenvalue weighted by molar-refractivity contribution is -0.146. The number of anilines is 1. The van der Waals surface area contributed by atoms with Crippen molar-refractivity contribution < 1.29 is 14.3 Å². The van der Waals surface area contributed by atoms with Gasteiger partial charge in [0.2, 0.25) is 0 Å². The van der Waals surface area contributed by atoms with Crippen molar-refractivity contribution in [1.29, 1.82) is 0 Å². The third-order valence-electron chi connectivity index (χ3n) is 3.95. The highest BCUT2D eigenvalue weighted by Gasteiger charge is 2.11. The first-order chi connectivity index (χ1) is 12.7. The molecular weight excluding hydrogens is 346 g/mol. The Morgan fingerprint density at radius 2 is 1.69 bits per heavy atom. The number of carbonyl (C=O) groups excluding carboxylic acids is 2. The van der Waals surface area contributed by atoms with Crippen LogP contribution in [-0.2, 0) is 20.7 Å². The minimum Gasteiger partial charge on any atom is -0.455 e. The van der Waals surface area contributed by atoms with Gasteiger partial charge in [-0.1, -0.05) is 42.5 Å². The largest absolute Gasteiger partial charge is 0.455 e. The predicted octanol–water partition coefficient (Wildman–Crippen LogP) is 4.29. The van der Waals surface area contributed by atoms with Gasteiger partial charge in [0.1, 0.15) is 0 Å². The molecule has 3 rings (SSSR count). The average molecular weight is 365 g/mol. The van der Waals surface area contributed by atoms with E-state index in [0.29, 0.717) is 5.69 Å². The second-order valence-corrected chi connectivity index (χ2v) is 6.63. The third-order valence-corrected chi connectivity index (χ3v) is 4.70. The Balaban J connectivity index is 1.54. The van der Waals surface area contributed by atoms with Crippen molar-refractivity contribution in [1.82, 2.24) is 0 Å². The number of carbonyl (C=O) groups is 2. The fraction of sp³-hybridized carbons (Fsp3) is 0.143. The number of thioether (sulfide) groups is 1. The molecule has 0 saturated carbocycles. The van der Waals surface area contributed by atoms with Gasteiger partial charge in [-0.15, -0.1) is 11.8 Å². The number of hydrogen-bond acceptors (Lipinski definition) is 4. The molecule has 1 amide bonds. The Kier molecular flexibility index (Phi) is 5.92. The molecule has 0 aliphatic heterocycles. The minimum absolute atomic E-state index is 0.136. The minimum atomic E-state index is -0.422. The van der Waals surface area contributed by atoms with E-state index in [0.717, 1.165) is 21.2 Å². The molecule has 26 heavy (non-hydrogen) atoms. The van der Waals surface area contributed by atoms with Gasteiger partial charge in [0, 0.05) is 10.6 Å². The molecule has 0 heterocycles. The van der Waals surface area contributed by atoms with Crippen LogP contribution < -0.4 is 5.32 Å². The third kappa shape index (κ3) is 4.64. The maximum Gasteiger partial charge on any atom is 0.310 e. The topological polar surface area (TPSA) is 55.4 Å². The molecule has 0 radical (unpaired) electrons. The summed E-state index contributed by atoms with van der Waals surface area (Å²) in [6.07, 6.45) is 2.13. The zero-order valence-corrected chi connectivity index (χ0v) is 15.2. The number of fused-ring (bicyclic) bond motifs is 1. The van der Waals surface area contributed by atoms with Crippen LogP contribution in [0.1, 0.15) is 5.56 Å². The quantitative estimate of drug-likeness (QED) is 0.523. The van der Waals surface area contributed by atoms with Crippen LogP contribution in [0.5, 0.6) is 0 Å². The van der Waals surface area contributed by atoms with Gasteiger partial charge in [0.05, 0.1) is 6.42 Å². The molecule has 0 atom stereocenters. The molecule has 0 bridgehead atoms. The first-order valence-corrected chi connectivity index (χ1v) is 9.44. The van der Waals surface area contributed by atoms with Crippen LogP contribution in [0.15, 0.2) is 71.6 Å². The van der Waals surface area contributed by atoms with Crippen LogP contribution >= 0.6 is 11.8 Å². The van der Waals surface area contributed by atoms with Crippen LogP contribution in [0.4, 0.5) is 5.69 Å². The number of amides is 1. The molecule has 3 aromatic rings. The molecule has 3 aromatic carbocycles. The summed E-state index contributed by atoms with van der Waals surface area (Å²) in [6, 6.07) is 21.2. The Hall–Kier alpha value is -2.79. The molecule has 5 heteroatoms. The van der Waals surface area contributed by atoms with E-state index in [2.05, 4.69) is 5.32 Å². The monoisotopic (exact) mass is 365 g/mol. The molecule has 0 fully saturated rings. The number of esters is 1. The second kappa shape index (κ2) is 8.54. The van der Waals surface area contributed by atoms with Gasteiger partial charge < -0.3 is 10.1 Å². The van der Waals surface area contributed by atoms with Crippen LogP contribution in [0.2, 0.25) is 0 Å². The molecule has 4 nitrogen and oxygen atoms in total. The molecule has 0 aromatic heterocycles. The Morgan fingerprint density at radius 1 is 0.962 bits per heavy atom. The van der Waals surface area contributed by atoms with E-state index in [1.165, 1.54) is 0 Å². The standard InChI is InChI=1S/C21H19NO3S/c1-26-18-11-9-17(10-12-18)22-20(23)14-25-21(24)13-16-7-4-6-15-5-2-3-8-19(15)16/h2-12H,13-14H2,1H3,(H,22,23). The van der Waals surface area contributed by atoms with Gasteiger partial charge in [-0.05, 0) is 46.9 Å². The van der Waals surface area contributed by atoms with Gasteiger partial charge in [-0.2, -0.15) is 0 Å². The van der Waals surface area contributed by atoms with Crippen molar-refractivity contribution in [2.24, 2.45) is 0 Å². The molecule has 0 aliphatic rings. The molecular formula is C21H19NO3S. The normalized spacial score (nSPS) is 10.5. The number of ether oxygens (including phenoxy) is 1. The van der Waals surface area contributed by atoms with Crippen molar-refractivity contribution >= 4 is 40.1 Å². The predicted molar refractivity (Wildman–Crippen MR) is 105 cm³/mol. The van der Waals surface area contributed by atoms with Gasteiger partial charge in [-0.25, -0.2) is 0 Å². The van der Waals surface area contributed by atoms with E-state index in [-0.39, 0.29) is 18.9 Å². The average Bonchev–Trinajstić information content (AvgIpc) is 2.67. The number of nitrogens with one attached hydrogen (secondary N) is 1. The fourth-order valence-corrected chi connectivity index (χ4v) is 3.08. The highest BCUT2D eigenvalue weighted by atomic mass is 32.2. The van der Waals surface area contributed by atoms with E-state index in [1.54, 1.807) is 11.8 Å². The molecule has 0 unspecified atom stereocenters. The van der Waals surface area contributed by atoms with E-state index >= 15 is 0 Å². The van der Waals surface area contributed by atoms with Gasteiger partial charge >= 0.3 is 5.97 Å². The molecule has 132 valence electrons. The van der Waals surface area contributed by atoms with Crippen LogP contribution in [0, 0.1) is 0 Å². The summed E-state index contributed by atoms with van der Waals surface area (Å²) in [5.41, 5.74) is 1.57. The number of benzene rings is 3. The highest BCUT2D eigenvalue weighted by Crippen LogP contribution is 2.19. The van der Waals surface area contributed by atoms with Gasteiger partial charge in [0.15, 0.2) is 6.61 Å². The Morgan fingerprint density at radius 3 is 2.46 bits per heavy atom. The number of rotatable bonds is 6. The van der Waals surface area contributed by atoms with Gasteiger partial charge in [0.25, 0.3) is 5.91 Å². The summed E-state index contributed by atoms with van der Waals surface area (Å²) in [5.74, 6) is -0.776. The Bertz CT molecular complexity index is 917. The zero-order valence-electron chi connectivity index (χ0n) is 14.4. The summed E-state index contributed by atoms with van der Waals surface area (Å²) in [6.45, 7) is -0.298. The summed E-state index contributed by atoms with van der Waals surface area (Å²) in [4.78, 5) is 25.1. The fourth-order valence-electron chi connectivity index (χ4n) is 2.67. The molecule has 0 saturated heterocycles. The lowest BCUT2D eigenvalue weighted by Crippen LogP contribution is -2.21. The summed E-state index contributed by atoms with van der Waals surface area (Å²) < 4.78 is 5.12. The van der Waals surface area contributed by atoms with Gasteiger partial charge in [-0.3, -0.25) is 9.59 Å². The van der Waals surface area contributed by atoms with Crippen molar-refractivity contribution in [3.8, 4) is 0 Å². The molecule has 1 N–H and O–H groups in total. The van der Waals surface area contributed by atoms with Crippen LogP contribution in [0.3, 0.4) is 0 Å². The smallest absolute Gasteiger partial charge is 0.310 e. The lowest BCUT2D eigenvalue weighted by atomic mass is 10.0. The Labute approximate surface area is 156 Å². The number of hydrogen-bond donors (Lipinski definition) is 1. The second-order valence-electron chi connectivity index (χ2n) is 5.75. The highest BCUT2D eigenvalue weighted by molar-refractivity contribution is 7.98.